The maximum atomic E-state index is 11.8. The molecular formula is C13H18N2O3S. The van der Waals surface area contributed by atoms with Gasteiger partial charge in [0.2, 0.25) is 15.9 Å². The lowest BCUT2D eigenvalue weighted by Crippen LogP contribution is -2.55. The summed E-state index contributed by atoms with van der Waals surface area (Å²) in [5.74, 6) is -0.263. The number of nitrogens with one attached hydrogen (secondary N) is 1. The Morgan fingerprint density at radius 2 is 1.95 bits per heavy atom. The molecule has 1 aromatic rings. The van der Waals surface area contributed by atoms with E-state index in [1.165, 1.54) is 9.87 Å². The van der Waals surface area contributed by atoms with Gasteiger partial charge in [-0.25, -0.2) is 12.7 Å². The molecule has 5 nitrogen and oxygen atoms in total. The van der Waals surface area contributed by atoms with Gasteiger partial charge in [-0.1, -0.05) is 30.3 Å². The van der Waals surface area contributed by atoms with E-state index in [0.717, 1.165) is 12.7 Å². The van der Waals surface area contributed by atoms with Crippen molar-refractivity contribution < 1.29 is 13.2 Å². The predicted octanol–water partition coefficient (Wildman–Crippen LogP) is 0.237. The number of nitrogens with zero attached hydrogens (tertiary/aromatic N) is 1. The highest BCUT2D eigenvalue weighted by atomic mass is 32.2. The van der Waals surface area contributed by atoms with Gasteiger partial charge in [0.1, 0.15) is 0 Å². The van der Waals surface area contributed by atoms with E-state index in [2.05, 4.69) is 5.32 Å². The molecule has 1 aromatic carbocycles. The molecule has 104 valence electrons. The van der Waals surface area contributed by atoms with Crippen molar-refractivity contribution in [2.75, 3.05) is 25.9 Å². The van der Waals surface area contributed by atoms with Crippen LogP contribution in [0.15, 0.2) is 30.3 Å². The van der Waals surface area contributed by atoms with Gasteiger partial charge in [-0.3, -0.25) is 4.79 Å². The first kappa shape index (κ1) is 14.0. The van der Waals surface area contributed by atoms with E-state index in [-0.39, 0.29) is 11.8 Å². The fourth-order valence-electron chi connectivity index (χ4n) is 1.99. The molecule has 1 amide bonds. The van der Waals surface area contributed by atoms with Crippen LogP contribution in [0.4, 0.5) is 0 Å². The molecule has 1 aliphatic rings. The van der Waals surface area contributed by atoms with E-state index in [1.807, 2.05) is 30.3 Å². The van der Waals surface area contributed by atoms with Gasteiger partial charge in [0.25, 0.3) is 0 Å². The van der Waals surface area contributed by atoms with Gasteiger partial charge in [0, 0.05) is 19.6 Å². The first-order chi connectivity index (χ1) is 8.97. The van der Waals surface area contributed by atoms with E-state index in [0.29, 0.717) is 19.6 Å². The van der Waals surface area contributed by atoms with Gasteiger partial charge in [0.05, 0.1) is 12.2 Å². The zero-order valence-electron chi connectivity index (χ0n) is 10.9. The topological polar surface area (TPSA) is 66.5 Å². The van der Waals surface area contributed by atoms with Gasteiger partial charge in [-0.15, -0.1) is 0 Å². The number of rotatable bonds is 5. The molecule has 0 radical (unpaired) electrons. The lowest BCUT2D eigenvalue weighted by Gasteiger charge is -2.35. The van der Waals surface area contributed by atoms with Crippen molar-refractivity contribution in [2.45, 2.75) is 6.42 Å². The third kappa shape index (κ3) is 3.78. The van der Waals surface area contributed by atoms with Crippen LogP contribution >= 0.6 is 0 Å². The Balaban J connectivity index is 1.69. The van der Waals surface area contributed by atoms with E-state index >= 15 is 0 Å². The minimum Gasteiger partial charge on any atom is -0.355 e. The molecule has 0 atom stereocenters. The standard InChI is InChI=1S/C13H18N2O3S/c1-19(17,18)15-9-12(10-15)13(16)14-8-7-11-5-3-2-4-6-11/h2-6,12H,7-10H2,1H3,(H,14,16). The SMILES string of the molecule is CS(=O)(=O)N1CC(C(=O)NCCc2ccccc2)C1. The molecule has 1 saturated heterocycles. The van der Waals surface area contributed by atoms with Gasteiger partial charge >= 0.3 is 0 Å². The van der Waals surface area contributed by atoms with Crippen LogP contribution in [0.25, 0.3) is 0 Å². The number of carbonyl (C=O) groups is 1. The summed E-state index contributed by atoms with van der Waals surface area (Å²) in [5.41, 5.74) is 1.18. The van der Waals surface area contributed by atoms with Crippen molar-refractivity contribution >= 4 is 15.9 Å². The lowest BCUT2D eigenvalue weighted by molar-refractivity contribution is -0.128. The molecule has 1 N–H and O–H groups in total. The van der Waals surface area contributed by atoms with Gasteiger partial charge in [-0.2, -0.15) is 0 Å². The average molecular weight is 282 g/mol. The number of hydrogen-bond acceptors (Lipinski definition) is 3. The number of sulfonamides is 1. The Morgan fingerprint density at radius 3 is 2.53 bits per heavy atom. The van der Waals surface area contributed by atoms with E-state index in [1.54, 1.807) is 0 Å². The molecule has 0 bridgehead atoms. The highest BCUT2D eigenvalue weighted by molar-refractivity contribution is 7.88. The van der Waals surface area contributed by atoms with Crippen LogP contribution in [0.5, 0.6) is 0 Å². The van der Waals surface area contributed by atoms with Crippen LogP contribution in [0.1, 0.15) is 5.56 Å². The molecule has 1 heterocycles. The number of carbonyl (C=O) groups excluding carboxylic acids is 1. The first-order valence-electron chi connectivity index (χ1n) is 6.23. The summed E-state index contributed by atoms with van der Waals surface area (Å²) < 4.78 is 23.7. The Labute approximate surface area is 113 Å². The Bertz CT molecular complexity index is 536. The van der Waals surface area contributed by atoms with Gasteiger partial charge < -0.3 is 5.32 Å². The molecular weight excluding hydrogens is 264 g/mol. The van der Waals surface area contributed by atoms with Gasteiger partial charge in [-0.05, 0) is 12.0 Å². The van der Waals surface area contributed by atoms with Crippen LogP contribution in [0, 0.1) is 5.92 Å². The molecule has 1 aliphatic heterocycles. The lowest BCUT2D eigenvalue weighted by atomic mass is 10.0. The van der Waals surface area contributed by atoms with Crippen molar-refractivity contribution in [3.8, 4) is 0 Å². The maximum absolute atomic E-state index is 11.8. The largest absolute Gasteiger partial charge is 0.355 e. The number of hydrogen-bond donors (Lipinski definition) is 1. The second kappa shape index (κ2) is 5.71. The van der Waals surface area contributed by atoms with Gasteiger partial charge in [0.15, 0.2) is 0 Å². The third-order valence-corrected chi connectivity index (χ3v) is 4.48. The molecule has 0 unspecified atom stereocenters. The smallest absolute Gasteiger partial charge is 0.225 e. The Kier molecular flexibility index (Phi) is 4.21. The molecule has 2 rings (SSSR count). The van der Waals surface area contributed by atoms with Crippen LogP contribution in [-0.2, 0) is 21.2 Å². The van der Waals surface area contributed by atoms with Crippen LogP contribution < -0.4 is 5.32 Å². The fourth-order valence-corrected chi connectivity index (χ4v) is 2.90. The van der Waals surface area contributed by atoms with Crippen molar-refractivity contribution in [1.82, 2.24) is 9.62 Å². The quantitative estimate of drug-likeness (QED) is 0.841. The monoisotopic (exact) mass is 282 g/mol. The zero-order chi connectivity index (χ0) is 13.9. The molecule has 0 spiro atoms. The number of benzene rings is 1. The molecule has 0 aliphatic carbocycles. The molecule has 19 heavy (non-hydrogen) atoms. The van der Waals surface area contributed by atoms with E-state index in [4.69, 9.17) is 0 Å². The first-order valence-corrected chi connectivity index (χ1v) is 8.08. The minimum absolute atomic E-state index is 0.0594. The summed E-state index contributed by atoms with van der Waals surface area (Å²) in [5, 5.41) is 2.84. The minimum atomic E-state index is -3.14. The molecule has 0 saturated carbocycles. The van der Waals surface area contributed by atoms with Crippen molar-refractivity contribution in [2.24, 2.45) is 5.92 Å². The van der Waals surface area contributed by atoms with Crippen LogP contribution in [0.2, 0.25) is 0 Å². The maximum Gasteiger partial charge on any atom is 0.225 e. The molecule has 0 aromatic heterocycles. The Morgan fingerprint density at radius 1 is 1.32 bits per heavy atom. The zero-order valence-corrected chi connectivity index (χ0v) is 11.7. The summed E-state index contributed by atoms with van der Waals surface area (Å²) in [7, 11) is -3.14. The highest BCUT2D eigenvalue weighted by Crippen LogP contribution is 2.18. The van der Waals surface area contributed by atoms with Crippen molar-refractivity contribution in [3.05, 3.63) is 35.9 Å². The second-order valence-corrected chi connectivity index (χ2v) is 6.79. The average Bonchev–Trinajstić information content (AvgIpc) is 2.26. The van der Waals surface area contributed by atoms with Crippen LogP contribution in [0.3, 0.4) is 0 Å². The summed E-state index contributed by atoms with van der Waals surface area (Å²) in [4.78, 5) is 11.8. The van der Waals surface area contributed by atoms with Crippen LogP contribution in [-0.4, -0.2) is 44.5 Å². The van der Waals surface area contributed by atoms with E-state index < -0.39 is 10.0 Å². The highest BCUT2D eigenvalue weighted by Gasteiger charge is 2.37. The van der Waals surface area contributed by atoms with Crippen molar-refractivity contribution in [3.63, 3.8) is 0 Å². The summed E-state index contributed by atoms with van der Waals surface area (Å²) in [6.07, 6.45) is 1.95. The third-order valence-electron chi connectivity index (χ3n) is 3.24. The summed E-state index contributed by atoms with van der Waals surface area (Å²) in [6, 6.07) is 9.91. The number of amides is 1. The summed E-state index contributed by atoms with van der Waals surface area (Å²) >= 11 is 0. The fraction of sp³-hybridized carbons (Fsp3) is 0.462. The molecule has 1 fully saturated rings. The van der Waals surface area contributed by atoms with E-state index in [9.17, 15) is 13.2 Å². The summed E-state index contributed by atoms with van der Waals surface area (Å²) in [6.45, 7) is 1.18. The Hall–Kier alpha value is -1.40. The normalized spacial score (nSPS) is 16.9. The molecule has 6 heteroatoms. The van der Waals surface area contributed by atoms with Crippen molar-refractivity contribution in [1.29, 1.82) is 0 Å². The second-order valence-electron chi connectivity index (χ2n) is 4.80. The predicted molar refractivity (Wildman–Crippen MR) is 73.1 cm³/mol.